The highest BCUT2D eigenvalue weighted by Gasteiger charge is 2.18. The van der Waals surface area contributed by atoms with Gasteiger partial charge in [0.2, 0.25) is 0 Å². The number of Topliss-reactive ketones (excluding diaryl/α,β-unsaturated/α-hetero) is 1. The van der Waals surface area contributed by atoms with Gasteiger partial charge in [-0.1, -0.05) is 29.8 Å². The summed E-state index contributed by atoms with van der Waals surface area (Å²) >= 11 is 7.67. The molecule has 0 amide bonds. The van der Waals surface area contributed by atoms with E-state index in [1.165, 1.54) is 18.3 Å². The van der Waals surface area contributed by atoms with Crippen molar-refractivity contribution >= 4 is 33.9 Å². The van der Waals surface area contributed by atoms with Crippen molar-refractivity contribution in [2.75, 3.05) is 11.9 Å². The van der Waals surface area contributed by atoms with Crippen LogP contribution in [0.25, 0.3) is 0 Å². The number of halogens is 1. The third kappa shape index (κ3) is 2.96. The number of aromatic nitrogens is 1. The van der Waals surface area contributed by atoms with Crippen LogP contribution in [0.1, 0.15) is 35.9 Å². The standard InChI is InChI=1S/C14H15ClN2OS/c1-9(11-6-4-5-7-12(11)15)17(3)14-16-13(8-19-14)10(2)18/h4-9H,1-3H3. The van der Waals surface area contributed by atoms with Gasteiger partial charge in [-0.2, -0.15) is 0 Å². The molecule has 0 spiro atoms. The molecule has 2 aromatic rings. The Morgan fingerprint density at radius 2 is 2.11 bits per heavy atom. The normalized spacial score (nSPS) is 12.2. The highest BCUT2D eigenvalue weighted by Crippen LogP contribution is 2.31. The van der Waals surface area contributed by atoms with Gasteiger partial charge in [0, 0.05) is 24.4 Å². The number of benzene rings is 1. The van der Waals surface area contributed by atoms with Crippen molar-refractivity contribution in [1.82, 2.24) is 4.98 Å². The fourth-order valence-corrected chi connectivity index (χ4v) is 2.98. The van der Waals surface area contributed by atoms with Crippen LogP contribution in [0.5, 0.6) is 0 Å². The monoisotopic (exact) mass is 294 g/mol. The molecule has 0 saturated carbocycles. The van der Waals surface area contributed by atoms with E-state index < -0.39 is 0 Å². The molecule has 100 valence electrons. The van der Waals surface area contributed by atoms with E-state index in [0.717, 1.165) is 15.7 Å². The van der Waals surface area contributed by atoms with Crippen LogP contribution in [0.15, 0.2) is 29.6 Å². The first-order chi connectivity index (χ1) is 9.00. The van der Waals surface area contributed by atoms with Crippen LogP contribution in [0.3, 0.4) is 0 Å². The molecule has 1 aromatic carbocycles. The minimum absolute atomic E-state index is 0.0127. The molecule has 1 aromatic heterocycles. The Morgan fingerprint density at radius 3 is 2.68 bits per heavy atom. The van der Waals surface area contributed by atoms with E-state index in [0.29, 0.717) is 5.69 Å². The van der Waals surface area contributed by atoms with Gasteiger partial charge in [0.1, 0.15) is 5.69 Å². The lowest BCUT2D eigenvalue weighted by molar-refractivity contribution is 0.101. The third-order valence-electron chi connectivity index (χ3n) is 3.09. The molecule has 0 aliphatic rings. The maximum atomic E-state index is 11.3. The molecule has 0 aliphatic carbocycles. The van der Waals surface area contributed by atoms with Crippen molar-refractivity contribution in [2.24, 2.45) is 0 Å². The minimum Gasteiger partial charge on any atom is -0.344 e. The van der Waals surface area contributed by atoms with E-state index in [1.807, 2.05) is 36.2 Å². The van der Waals surface area contributed by atoms with Gasteiger partial charge in [0.25, 0.3) is 0 Å². The zero-order valence-corrected chi connectivity index (χ0v) is 12.6. The number of thiazole rings is 1. The first-order valence-corrected chi connectivity index (χ1v) is 7.20. The lowest BCUT2D eigenvalue weighted by Crippen LogP contribution is -2.21. The Hall–Kier alpha value is -1.39. The van der Waals surface area contributed by atoms with Crippen molar-refractivity contribution in [3.8, 4) is 0 Å². The molecule has 0 N–H and O–H groups in total. The second-order valence-electron chi connectivity index (χ2n) is 4.38. The van der Waals surface area contributed by atoms with E-state index in [4.69, 9.17) is 11.6 Å². The van der Waals surface area contributed by atoms with E-state index in [-0.39, 0.29) is 11.8 Å². The van der Waals surface area contributed by atoms with Gasteiger partial charge in [-0.15, -0.1) is 11.3 Å². The molecule has 1 atom stereocenters. The average Bonchev–Trinajstić information content (AvgIpc) is 2.87. The molecule has 19 heavy (non-hydrogen) atoms. The molecule has 1 heterocycles. The summed E-state index contributed by atoms with van der Waals surface area (Å²) in [6.07, 6.45) is 0. The highest BCUT2D eigenvalue weighted by molar-refractivity contribution is 7.13. The number of anilines is 1. The predicted molar refractivity (Wildman–Crippen MR) is 80.4 cm³/mol. The van der Waals surface area contributed by atoms with Crippen molar-refractivity contribution in [1.29, 1.82) is 0 Å². The van der Waals surface area contributed by atoms with Gasteiger partial charge in [-0.05, 0) is 18.6 Å². The number of carbonyl (C=O) groups is 1. The molecule has 2 rings (SSSR count). The number of nitrogens with zero attached hydrogens (tertiary/aromatic N) is 2. The van der Waals surface area contributed by atoms with Gasteiger partial charge in [0.05, 0.1) is 6.04 Å². The topological polar surface area (TPSA) is 33.2 Å². The number of rotatable bonds is 4. The van der Waals surface area contributed by atoms with Crippen LogP contribution < -0.4 is 4.90 Å². The first-order valence-electron chi connectivity index (χ1n) is 5.94. The van der Waals surface area contributed by atoms with Gasteiger partial charge in [-0.25, -0.2) is 4.98 Å². The maximum absolute atomic E-state index is 11.3. The van der Waals surface area contributed by atoms with Crippen LogP contribution in [0, 0.1) is 0 Å². The molecule has 5 heteroatoms. The summed E-state index contributed by atoms with van der Waals surface area (Å²) in [4.78, 5) is 17.6. The average molecular weight is 295 g/mol. The second-order valence-corrected chi connectivity index (χ2v) is 5.62. The smallest absolute Gasteiger partial charge is 0.186 e. The molecule has 0 bridgehead atoms. The van der Waals surface area contributed by atoms with Crippen LogP contribution in [0.4, 0.5) is 5.13 Å². The van der Waals surface area contributed by atoms with Crippen LogP contribution in [-0.4, -0.2) is 17.8 Å². The Bertz CT molecular complexity index is 597. The SMILES string of the molecule is CC(=O)c1csc(N(C)C(C)c2ccccc2Cl)n1. The van der Waals surface area contributed by atoms with Gasteiger partial charge < -0.3 is 4.90 Å². The Kier molecular flexibility index (Phi) is 4.22. The van der Waals surface area contributed by atoms with Crippen molar-refractivity contribution in [2.45, 2.75) is 19.9 Å². The summed E-state index contributed by atoms with van der Waals surface area (Å²) < 4.78 is 0. The number of hydrogen-bond donors (Lipinski definition) is 0. The predicted octanol–water partition coefficient (Wildman–Crippen LogP) is 4.20. The fourth-order valence-electron chi connectivity index (χ4n) is 1.78. The number of hydrogen-bond acceptors (Lipinski definition) is 4. The zero-order chi connectivity index (χ0) is 14.0. The van der Waals surface area contributed by atoms with Crippen LogP contribution in [0.2, 0.25) is 5.02 Å². The quantitative estimate of drug-likeness (QED) is 0.793. The van der Waals surface area contributed by atoms with Crippen molar-refractivity contribution in [3.05, 3.63) is 45.9 Å². The molecule has 0 saturated heterocycles. The van der Waals surface area contributed by atoms with Crippen molar-refractivity contribution < 1.29 is 4.79 Å². The zero-order valence-electron chi connectivity index (χ0n) is 11.1. The summed E-state index contributed by atoms with van der Waals surface area (Å²) in [5.41, 5.74) is 1.56. The highest BCUT2D eigenvalue weighted by atomic mass is 35.5. The third-order valence-corrected chi connectivity index (χ3v) is 4.37. The molecular formula is C14H15ClN2OS. The van der Waals surface area contributed by atoms with E-state index in [2.05, 4.69) is 11.9 Å². The number of carbonyl (C=O) groups excluding carboxylic acids is 1. The van der Waals surface area contributed by atoms with E-state index >= 15 is 0 Å². The Labute approximate surface area is 121 Å². The summed E-state index contributed by atoms with van der Waals surface area (Å²) in [7, 11) is 1.96. The largest absolute Gasteiger partial charge is 0.344 e. The lowest BCUT2D eigenvalue weighted by Gasteiger charge is -2.25. The van der Waals surface area contributed by atoms with E-state index in [1.54, 1.807) is 5.38 Å². The molecule has 1 unspecified atom stereocenters. The van der Waals surface area contributed by atoms with Crippen LogP contribution >= 0.6 is 22.9 Å². The van der Waals surface area contributed by atoms with Gasteiger partial charge in [0.15, 0.2) is 10.9 Å². The van der Waals surface area contributed by atoms with Gasteiger partial charge in [-0.3, -0.25) is 4.79 Å². The fraction of sp³-hybridized carbons (Fsp3) is 0.286. The molecule has 3 nitrogen and oxygen atoms in total. The second kappa shape index (κ2) is 5.72. The summed E-state index contributed by atoms with van der Waals surface area (Å²) in [5.74, 6) is -0.0127. The molecule has 0 radical (unpaired) electrons. The van der Waals surface area contributed by atoms with Crippen LogP contribution in [-0.2, 0) is 0 Å². The molecule has 0 fully saturated rings. The molecule has 0 aliphatic heterocycles. The Morgan fingerprint density at radius 1 is 1.42 bits per heavy atom. The molecular weight excluding hydrogens is 280 g/mol. The van der Waals surface area contributed by atoms with E-state index in [9.17, 15) is 4.79 Å². The lowest BCUT2D eigenvalue weighted by atomic mass is 10.1. The summed E-state index contributed by atoms with van der Waals surface area (Å²) in [6.45, 7) is 3.59. The van der Waals surface area contributed by atoms with Crippen molar-refractivity contribution in [3.63, 3.8) is 0 Å². The Balaban J connectivity index is 2.25. The van der Waals surface area contributed by atoms with Gasteiger partial charge >= 0.3 is 0 Å². The number of ketones is 1. The first kappa shape index (κ1) is 14.0. The summed E-state index contributed by atoms with van der Waals surface area (Å²) in [5, 5.41) is 3.34. The summed E-state index contributed by atoms with van der Waals surface area (Å²) in [6, 6.07) is 7.86. The maximum Gasteiger partial charge on any atom is 0.186 e. The minimum atomic E-state index is -0.0127.